The number of ether oxygens (including phenoxy) is 1. The van der Waals surface area contributed by atoms with E-state index in [9.17, 15) is 4.79 Å². The third kappa shape index (κ3) is 4.72. The van der Waals surface area contributed by atoms with Gasteiger partial charge in [-0.05, 0) is 50.1 Å². The van der Waals surface area contributed by atoms with Crippen LogP contribution in [-0.2, 0) is 13.2 Å². The number of aromatic nitrogens is 1. The standard InChI is InChI=1S/C27H26N2O3/c1-19-14-15-25(20(2)16-19)31-18-24-21(3)32-28-26(24)27(30)29(23-12-8-5-9-13-23)17-22-10-6-4-7-11-22/h4-16H,17-18H2,1-3H3. The van der Waals surface area contributed by atoms with E-state index in [1.165, 1.54) is 5.56 Å². The molecule has 0 aliphatic rings. The predicted octanol–water partition coefficient (Wildman–Crippen LogP) is 6.03. The highest BCUT2D eigenvalue weighted by Gasteiger charge is 2.26. The van der Waals surface area contributed by atoms with Gasteiger partial charge in [0.1, 0.15) is 18.1 Å². The predicted molar refractivity (Wildman–Crippen MR) is 125 cm³/mol. The molecule has 1 heterocycles. The number of hydrogen-bond donors (Lipinski definition) is 0. The van der Waals surface area contributed by atoms with Crippen LogP contribution in [0.25, 0.3) is 0 Å². The third-order valence-electron chi connectivity index (χ3n) is 5.39. The van der Waals surface area contributed by atoms with Crippen molar-refractivity contribution in [2.45, 2.75) is 33.9 Å². The first-order chi connectivity index (χ1) is 15.5. The molecular weight excluding hydrogens is 400 g/mol. The first-order valence-corrected chi connectivity index (χ1v) is 10.6. The Morgan fingerprint density at radius 1 is 0.938 bits per heavy atom. The van der Waals surface area contributed by atoms with Crippen LogP contribution in [0, 0.1) is 20.8 Å². The van der Waals surface area contributed by atoms with E-state index in [1.807, 2.05) is 86.6 Å². The lowest BCUT2D eigenvalue weighted by Gasteiger charge is -2.22. The number of carbonyl (C=O) groups excluding carboxylic acids is 1. The molecule has 3 aromatic carbocycles. The van der Waals surface area contributed by atoms with Gasteiger partial charge in [0.05, 0.1) is 12.1 Å². The number of anilines is 1. The van der Waals surface area contributed by atoms with Gasteiger partial charge < -0.3 is 14.2 Å². The minimum atomic E-state index is -0.226. The second kappa shape index (κ2) is 9.52. The van der Waals surface area contributed by atoms with Gasteiger partial charge >= 0.3 is 0 Å². The molecule has 32 heavy (non-hydrogen) atoms. The average molecular weight is 427 g/mol. The Balaban J connectivity index is 1.63. The van der Waals surface area contributed by atoms with E-state index < -0.39 is 0 Å². The summed E-state index contributed by atoms with van der Waals surface area (Å²) in [5.41, 5.74) is 4.96. The number of nitrogens with zero attached hydrogens (tertiary/aromatic N) is 2. The molecule has 162 valence electrons. The Hall–Kier alpha value is -3.86. The van der Waals surface area contributed by atoms with Crippen LogP contribution >= 0.6 is 0 Å². The molecule has 0 saturated carbocycles. The van der Waals surface area contributed by atoms with Gasteiger partial charge in [-0.2, -0.15) is 0 Å². The number of benzene rings is 3. The number of para-hydroxylation sites is 1. The maximum absolute atomic E-state index is 13.7. The monoisotopic (exact) mass is 426 g/mol. The summed E-state index contributed by atoms with van der Waals surface area (Å²) < 4.78 is 11.5. The number of amides is 1. The molecule has 0 bridgehead atoms. The van der Waals surface area contributed by atoms with Gasteiger partial charge in [0, 0.05) is 5.69 Å². The maximum atomic E-state index is 13.7. The van der Waals surface area contributed by atoms with E-state index in [-0.39, 0.29) is 18.2 Å². The normalized spacial score (nSPS) is 10.7. The SMILES string of the molecule is Cc1ccc(OCc2c(C(=O)N(Cc3ccccc3)c3ccccc3)noc2C)c(C)c1. The van der Waals surface area contributed by atoms with Crippen molar-refractivity contribution in [3.63, 3.8) is 0 Å². The van der Waals surface area contributed by atoms with Crippen LogP contribution in [-0.4, -0.2) is 11.1 Å². The van der Waals surface area contributed by atoms with Gasteiger partial charge in [0.15, 0.2) is 5.69 Å². The minimum Gasteiger partial charge on any atom is -0.488 e. The van der Waals surface area contributed by atoms with Gasteiger partial charge in [-0.15, -0.1) is 0 Å². The Bertz CT molecular complexity index is 1200. The van der Waals surface area contributed by atoms with Gasteiger partial charge in [-0.25, -0.2) is 0 Å². The van der Waals surface area contributed by atoms with Crippen LogP contribution in [0.3, 0.4) is 0 Å². The van der Waals surface area contributed by atoms with Crippen molar-refractivity contribution in [1.29, 1.82) is 0 Å². The quantitative estimate of drug-likeness (QED) is 0.362. The molecular formula is C27H26N2O3. The van der Waals surface area contributed by atoms with Crippen molar-refractivity contribution in [2.75, 3.05) is 4.90 Å². The van der Waals surface area contributed by atoms with E-state index in [0.717, 1.165) is 22.6 Å². The third-order valence-corrected chi connectivity index (χ3v) is 5.39. The lowest BCUT2D eigenvalue weighted by Crippen LogP contribution is -2.31. The van der Waals surface area contributed by atoms with Crippen LogP contribution in [0.2, 0.25) is 0 Å². The van der Waals surface area contributed by atoms with Gasteiger partial charge in [-0.3, -0.25) is 4.79 Å². The van der Waals surface area contributed by atoms with E-state index in [0.29, 0.717) is 17.9 Å². The summed E-state index contributed by atoms with van der Waals surface area (Å²) in [6.07, 6.45) is 0. The summed E-state index contributed by atoms with van der Waals surface area (Å²) in [5.74, 6) is 1.13. The Labute approximate surface area is 188 Å². The van der Waals surface area contributed by atoms with Crippen molar-refractivity contribution in [1.82, 2.24) is 5.16 Å². The summed E-state index contributed by atoms with van der Waals surface area (Å²) in [7, 11) is 0. The second-order valence-electron chi connectivity index (χ2n) is 7.84. The Morgan fingerprint density at radius 3 is 2.31 bits per heavy atom. The van der Waals surface area contributed by atoms with Crippen molar-refractivity contribution in [2.24, 2.45) is 0 Å². The van der Waals surface area contributed by atoms with E-state index in [2.05, 4.69) is 11.2 Å². The van der Waals surface area contributed by atoms with Gasteiger partial charge in [-0.1, -0.05) is 71.4 Å². The summed E-state index contributed by atoms with van der Waals surface area (Å²) in [5, 5.41) is 4.11. The molecule has 0 aliphatic carbocycles. The second-order valence-corrected chi connectivity index (χ2v) is 7.84. The van der Waals surface area contributed by atoms with E-state index in [4.69, 9.17) is 9.26 Å². The highest BCUT2D eigenvalue weighted by atomic mass is 16.5. The van der Waals surface area contributed by atoms with Crippen molar-refractivity contribution < 1.29 is 14.1 Å². The van der Waals surface area contributed by atoms with Crippen molar-refractivity contribution in [3.8, 4) is 5.75 Å². The highest BCUT2D eigenvalue weighted by molar-refractivity contribution is 6.05. The molecule has 5 heteroatoms. The Morgan fingerprint density at radius 2 is 1.62 bits per heavy atom. The van der Waals surface area contributed by atoms with Crippen molar-refractivity contribution in [3.05, 3.63) is 113 Å². The minimum absolute atomic E-state index is 0.203. The first kappa shape index (κ1) is 21.4. The summed E-state index contributed by atoms with van der Waals surface area (Å²) in [4.78, 5) is 15.4. The molecule has 1 aromatic heterocycles. The molecule has 4 rings (SSSR count). The molecule has 0 aliphatic heterocycles. The smallest absolute Gasteiger partial charge is 0.281 e. The fourth-order valence-corrected chi connectivity index (χ4v) is 3.62. The van der Waals surface area contributed by atoms with Crippen LogP contribution in [0.1, 0.15) is 38.5 Å². The molecule has 0 N–H and O–H groups in total. The van der Waals surface area contributed by atoms with Crippen molar-refractivity contribution >= 4 is 11.6 Å². The molecule has 0 unspecified atom stereocenters. The topological polar surface area (TPSA) is 55.6 Å². The largest absolute Gasteiger partial charge is 0.488 e. The van der Waals surface area contributed by atoms with Crippen LogP contribution in [0.4, 0.5) is 5.69 Å². The molecule has 5 nitrogen and oxygen atoms in total. The highest BCUT2D eigenvalue weighted by Crippen LogP contribution is 2.25. The molecule has 0 fully saturated rings. The zero-order valence-corrected chi connectivity index (χ0v) is 18.5. The Kier molecular flexibility index (Phi) is 6.36. The lowest BCUT2D eigenvalue weighted by atomic mass is 10.1. The van der Waals surface area contributed by atoms with E-state index >= 15 is 0 Å². The van der Waals surface area contributed by atoms with Crippen LogP contribution in [0.15, 0.2) is 83.4 Å². The zero-order valence-electron chi connectivity index (χ0n) is 18.5. The van der Waals surface area contributed by atoms with Gasteiger partial charge in [0.2, 0.25) is 0 Å². The van der Waals surface area contributed by atoms with Crippen LogP contribution in [0.5, 0.6) is 5.75 Å². The molecule has 0 radical (unpaired) electrons. The lowest BCUT2D eigenvalue weighted by molar-refractivity contribution is 0.0974. The number of rotatable bonds is 7. The molecule has 0 spiro atoms. The molecule has 0 atom stereocenters. The summed E-state index contributed by atoms with van der Waals surface area (Å²) in [6, 6.07) is 25.5. The molecule has 4 aromatic rings. The van der Waals surface area contributed by atoms with E-state index in [1.54, 1.807) is 11.8 Å². The summed E-state index contributed by atoms with van der Waals surface area (Å²) in [6.45, 7) is 6.48. The number of hydrogen-bond acceptors (Lipinski definition) is 4. The molecule has 1 amide bonds. The maximum Gasteiger partial charge on any atom is 0.281 e. The fourth-order valence-electron chi connectivity index (χ4n) is 3.62. The fraction of sp³-hybridized carbons (Fsp3) is 0.185. The van der Waals surface area contributed by atoms with Gasteiger partial charge in [0.25, 0.3) is 5.91 Å². The zero-order chi connectivity index (χ0) is 22.5. The number of carbonyl (C=O) groups is 1. The summed E-state index contributed by atoms with van der Waals surface area (Å²) >= 11 is 0. The molecule has 0 saturated heterocycles. The average Bonchev–Trinajstić information content (AvgIpc) is 3.18. The van der Waals surface area contributed by atoms with Crippen LogP contribution < -0.4 is 9.64 Å². The first-order valence-electron chi connectivity index (χ1n) is 10.6. The number of aryl methyl sites for hydroxylation is 3.